The molecule has 5 nitrogen and oxygen atoms in total. The largest absolute Gasteiger partial charge is 0.381 e. The Morgan fingerprint density at radius 1 is 1.69 bits per heavy atom. The van der Waals surface area contributed by atoms with Crippen molar-refractivity contribution < 1.29 is 13.2 Å². The first-order valence-corrected chi connectivity index (χ1v) is 7.44. The van der Waals surface area contributed by atoms with Gasteiger partial charge in [-0.15, -0.1) is 11.3 Å². The van der Waals surface area contributed by atoms with Gasteiger partial charge in [-0.25, -0.2) is 18.1 Å². The lowest BCUT2D eigenvalue weighted by molar-refractivity contribution is 0.186. The van der Waals surface area contributed by atoms with Crippen LogP contribution in [0.1, 0.15) is 12.1 Å². The minimum absolute atomic E-state index is 0.143. The van der Waals surface area contributed by atoms with E-state index in [1.54, 1.807) is 12.3 Å². The normalized spacial score (nSPS) is 21.4. The Morgan fingerprint density at radius 3 is 3.06 bits per heavy atom. The fourth-order valence-electron chi connectivity index (χ4n) is 1.49. The van der Waals surface area contributed by atoms with Gasteiger partial charge in [0.05, 0.1) is 6.61 Å². The summed E-state index contributed by atoms with van der Waals surface area (Å²) in [5.41, 5.74) is 0.731. The van der Waals surface area contributed by atoms with Crippen LogP contribution in [-0.2, 0) is 14.8 Å². The number of aryl methyl sites for hydroxylation is 1. The highest BCUT2D eigenvalue weighted by atomic mass is 32.2. The van der Waals surface area contributed by atoms with Crippen LogP contribution < -0.4 is 4.72 Å². The van der Waals surface area contributed by atoms with Gasteiger partial charge in [0, 0.05) is 24.2 Å². The minimum Gasteiger partial charge on any atom is -0.381 e. The van der Waals surface area contributed by atoms with Gasteiger partial charge in [0.25, 0.3) is 10.0 Å². The smallest absolute Gasteiger partial charge is 0.267 e. The van der Waals surface area contributed by atoms with Crippen LogP contribution in [0.5, 0.6) is 0 Å². The molecule has 0 aliphatic carbocycles. The van der Waals surface area contributed by atoms with Crippen molar-refractivity contribution in [3.8, 4) is 0 Å². The van der Waals surface area contributed by atoms with E-state index in [1.165, 1.54) is 0 Å². The van der Waals surface area contributed by atoms with Crippen molar-refractivity contribution in [3.05, 3.63) is 11.1 Å². The van der Waals surface area contributed by atoms with Crippen LogP contribution >= 0.6 is 11.3 Å². The Balaban J connectivity index is 1.97. The lowest BCUT2D eigenvalue weighted by atomic mass is 10.1. The highest BCUT2D eigenvalue weighted by Gasteiger charge is 2.22. The maximum absolute atomic E-state index is 11.8. The molecule has 0 spiro atoms. The fraction of sp³-hybridized carbons (Fsp3) is 0.667. The summed E-state index contributed by atoms with van der Waals surface area (Å²) in [6.07, 6.45) is 0.916. The van der Waals surface area contributed by atoms with Gasteiger partial charge in [-0.3, -0.25) is 0 Å². The van der Waals surface area contributed by atoms with Gasteiger partial charge in [-0.2, -0.15) is 0 Å². The van der Waals surface area contributed by atoms with Crippen LogP contribution in [0.2, 0.25) is 0 Å². The molecule has 1 unspecified atom stereocenters. The standard InChI is InChI=1S/C9H14N2O3S2/c1-7-6-15-9(11-7)16(12,13)10-4-8-2-3-14-5-8/h6,8,10H,2-5H2,1H3. The molecule has 16 heavy (non-hydrogen) atoms. The molecule has 1 aliphatic heterocycles. The number of aromatic nitrogens is 1. The lowest BCUT2D eigenvalue weighted by Gasteiger charge is -2.08. The van der Waals surface area contributed by atoms with Gasteiger partial charge in [-0.1, -0.05) is 0 Å². The van der Waals surface area contributed by atoms with Crippen LogP contribution in [0.15, 0.2) is 9.72 Å². The Labute approximate surface area is 98.9 Å². The summed E-state index contributed by atoms with van der Waals surface area (Å²) in [6, 6.07) is 0. The molecule has 1 saturated heterocycles. The first-order valence-electron chi connectivity index (χ1n) is 5.07. The zero-order valence-electron chi connectivity index (χ0n) is 8.97. The van der Waals surface area contributed by atoms with E-state index in [1.807, 2.05) is 0 Å². The van der Waals surface area contributed by atoms with Gasteiger partial charge < -0.3 is 4.74 Å². The molecule has 2 rings (SSSR count). The van der Waals surface area contributed by atoms with Crippen LogP contribution in [-0.4, -0.2) is 33.2 Å². The molecule has 1 aromatic rings. The quantitative estimate of drug-likeness (QED) is 0.870. The number of nitrogens with one attached hydrogen (secondary N) is 1. The van der Waals surface area contributed by atoms with Gasteiger partial charge in [0.15, 0.2) is 0 Å². The van der Waals surface area contributed by atoms with E-state index in [2.05, 4.69) is 9.71 Å². The molecule has 7 heteroatoms. The van der Waals surface area contributed by atoms with Gasteiger partial charge in [0.1, 0.15) is 0 Å². The Bertz CT molecular complexity index is 449. The average molecular weight is 262 g/mol. The van der Waals surface area contributed by atoms with E-state index in [0.29, 0.717) is 13.2 Å². The molecule has 2 heterocycles. The Hall–Kier alpha value is -0.500. The molecule has 1 aliphatic rings. The summed E-state index contributed by atoms with van der Waals surface area (Å²) < 4.78 is 31.5. The van der Waals surface area contributed by atoms with E-state index in [0.717, 1.165) is 30.1 Å². The molecule has 0 saturated carbocycles. The van der Waals surface area contributed by atoms with E-state index < -0.39 is 10.0 Å². The SMILES string of the molecule is Cc1csc(S(=O)(=O)NCC2CCOC2)n1. The predicted octanol–water partition coefficient (Wildman–Crippen LogP) is 0.766. The molecule has 1 N–H and O–H groups in total. The van der Waals surface area contributed by atoms with Crippen molar-refractivity contribution in [2.24, 2.45) is 5.92 Å². The highest BCUT2D eigenvalue weighted by molar-refractivity contribution is 7.91. The number of hydrogen-bond donors (Lipinski definition) is 1. The molecule has 0 aromatic carbocycles. The molecule has 0 bridgehead atoms. The second kappa shape index (κ2) is 4.79. The summed E-state index contributed by atoms with van der Waals surface area (Å²) in [4.78, 5) is 3.96. The number of ether oxygens (including phenoxy) is 1. The van der Waals surface area contributed by atoms with Crippen molar-refractivity contribution >= 4 is 21.4 Å². The highest BCUT2D eigenvalue weighted by Crippen LogP contribution is 2.16. The fourth-order valence-corrected chi connectivity index (χ4v) is 3.68. The van der Waals surface area contributed by atoms with Crippen molar-refractivity contribution in [2.75, 3.05) is 19.8 Å². The van der Waals surface area contributed by atoms with E-state index >= 15 is 0 Å². The summed E-state index contributed by atoms with van der Waals surface area (Å²) in [7, 11) is -3.43. The molecule has 1 atom stereocenters. The van der Waals surface area contributed by atoms with Gasteiger partial charge in [-0.05, 0) is 19.3 Å². The zero-order chi connectivity index (χ0) is 11.6. The first kappa shape index (κ1) is 12.0. The minimum atomic E-state index is -3.43. The monoisotopic (exact) mass is 262 g/mol. The van der Waals surface area contributed by atoms with Gasteiger partial charge in [0.2, 0.25) is 4.34 Å². The third-order valence-corrected chi connectivity index (χ3v) is 5.21. The van der Waals surface area contributed by atoms with Crippen molar-refractivity contribution in [3.63, 3.8) is 0 Å². The lowest BCUT2D eigenvalue weighted by Crippen LogP contribution is -2.29. The summed E-state index contributed by atoms with van der Waals surface area (Å²) in [6.45, 7) is 3.57. The molecule has 0 radical (unpaired) electrons. The van der Waals surface area contributed by atoms with E-state index in [9.17, 15) is 8.42 Å². The first-order chi connectivity index (χ1) is 7.58. The van der Waals surface area contributed by atoms with Crippen LogP contribution in [0.4, 0.5) is 0 Å². The predicted molar refractivity (Wildman–Crippen MR) is 61.0 cm³/mol. The van der Waals surface area contributed by atoms with E-state index in [4.69, 9.17) is 4.74 Å². The Kier molecular flexibility index (Phi) is 3.58. The third-order valence-electron chi connectivity index (χ3n) is 2.41. The van der Waals surface area contributed by atoms with Crippen molar-refractivity contribution in [1.29, 1.82) is 0 Å². The second-order valence-electron chi connectivity index (χ2n) is 3.84. The maximum atomic E-state index is 11.8. The molecular formula is C9H14N2O3S2. The molecule has 1 fully saturated rings. The molecular weight excluding hydrogens is 248 g/mol. The van der Waals surface area contributed by atoms with Crippen LogP contribution in [0.25, 0.3) is 0 Å². The molecule has 90 valence electrons. The summed E-state index contributed by atoms with van der Waals surface area (Å²) in [5, 5.41) is 1.73. The number of rotatable bonds is 4. The second-order valence-corrected chi connectivity index (χ2v) is 6.64. The number of sulfonamides is 1. The van der Waals surface area contributed by atoms with E-state index in [-0.39, 0.29) is 10.3 Å². The van der Waals surface area contributed by atoms with Gasteiger partial charge >= 0.3 is 0 Å². The third kappa shape index (κ3) is 2.79. The topological polar surface area (TPSA) is 68.3 Å². The Morgan fingerprint density at radius 2 is 2.50 bits per heavy atom. The molecule has 1 aromatic heterocycles. The molecule has 0 amide bonds. The van der Waals surface area contributed by atoms with Crippen LogP contribution in [0, 0.1) is 12.8 Å². The zero-order valence-corrected chi connectivity index (χ0v) is 10.6. The summed E-state index contributed by atoms with van der Waals surface area (Å²) >= 11 is 1.15. The number of thiazole rings is 1. The van der Waals surface area contributed by atoms with Crippen molar-refractivity contribution in [2.45, 2.75) is 17.7 Å². The van der Waals surface area contributed by atoms with Crippen molar-refractivity contribution in [1.82, 2.24) is 9.71 Å². The number of nitrogens with zero attached hydrogens (tertiary/aromatic N) is 1. The van der Waals surface area contributed by atoms with Crippen LogP contribution in [0.3, 0.4) is 0 Å². The summed E-state index contributed by atoms with van der Waals surface area (Å²) in [5.74, 6) is 0.288. The maximum Gasteiger partial charge on any atom is 0.267 e. The average Bonchev–Trinajstić information content (AvgIpc) is 2.85. The number of hydrogen-bond acceptors (Lipinski definition) is 5.